The van der Waals surface area contributed by atoms with E-state index in [0.29, 0.717) is 0 Å². The molecule has 0 amide bonds. The SMILES string of the molecule is CNC(C(=O)O)C(N)c1cn(C)c2ccccc12. The molecule has 0 saturated heterocycles. The highest BCUT2D eigenvalue weighted by Crippen LogP contribution is 2.26. The lowest BCUT2D eigenvalue weighted by molar-refractivity contribution is -0.139. The van der Waals surface area contributed by atoms with Crippen molar-refractivity contribution < 1.29 is 9.90 Å². The van der Waals surface area contributed by atoms with E-state index in [1.807, 2.05) is 42.1 Å². The van der Waals surface area contributed by atoms with E-state index < -0.39 is 18.1 Å². The van der Waals surface area contributed by atoms with Crippen LogP contribution in [-0.4, -0.2) is 28.7 Å². The summed E-state index contributed by atoms with van der Waals surface area (Å²) in [5, 5.41) is 12.9. The van der Waals surface area contributed by atoms with Gasteiger partial charge in [-0.25, -0.2) is 0 Å². The van der Waals surface area contributed by atoms with Crippen LogP contribution in [0.4, 0.5) is 0 Å². The van der Waals surface area contributed by atoms with Crippen LogP contribution in [0, 0.1) is 0 Å². The maximum Gasteiger partial charge on any atom is 0.322 e. The number of benzene rings is 1. The molecule has 0 aliphatic rings. The third-order valence-corrected chi connectivity index (χ3v) is 3.22. The molecule has 2 rings (SSSR count). The number of carbonyl (C=O) groups is 1. The number of aromatic nitrogens is 1. The van der Waals surface area contributed by atoms with Crippen molar-refractivity contribution in [3.05, 3.63) is 36.0 Å². The lowest BCUT2D eigenvalue weighted by Crippen LogP contribution is -2.43. The second-order valence-corrected chi connectivity index (χ2v) is 4.34. The maximum absolute atomic E-state index is 11.1. The van der Waals surface area contributed by atoms with E-state index in [-0.39, 0.29) is 0 Å². The predicted molar refractivity (Wildman–Crippen MR) is 70.3 cm³/mol. The molecule has 1 aromatic heterocycles. The number of nitrogens with two attached hydrogens (primary N) is 1. The van der Waals surface area contributed by atoms with Gasteiger partial charge in [-0.15, -0.1) is 0 Å². The van der Waals surface area contributed by atoms with E-state index in [1.165, 1.54) is 0 Å². The molecule has 1 aromatic carbocycles. The Bertz CT molecular complexity index is 577. The summed E-state index contributed by atoms with van der Waals surface area (Å²) < 4.78 is 1.96. The summed E-state index contributed by atoms with van der Waals surface area (Å²) in [6, 6.07) is 6.44. The first-order valence-corrected chi connectivity index (χ1v) is 5.76. The number of rotatable bonds is 4. The number of hydrogen-bond donors (Lipinski definition) is 3. The highest BCUT2D eigenvalue weighted by Gasteiger charge is 2.26. The first kappa shape index (κ1) is 12.6. The van der Waals surface area contributed by atoms with Crippen molar-refractivity contribution in [2.45, 2.75) is 12.1 Å². The zero-order valence-electron chi connectivity index (χ0n) is 10.4. The van der Waals surface area contributed by atoms with Crippen LogP contribution in [0.3, 0.4) is 0 Å². The van der Waals surface area contributed by atoms with Crippen LogP contribution in [0.2, 0.25) is 0 Å². The lowest BCUT2D eigenvalue weighted by atomic mass is 10.00. The van der Waals surface area contributed by atoms with Crippen LogP contribution in [0.15, 0.2) is 30.5 Å². The van der Waals surface area contributed by atoms with Gasteiger partial charge in [0, 0.05) is 24.1 Å². The second-order valence-electron chi connectivity index (χ2n) is 4.34. The molecule has 5 heteroatoms. The van der Waals surface area contributed by atoms with E-state index in [1.54, 1.807) is 7.05 Å². The normalized spacial score (nSPS) is 14.6. The molecule has 0 aliphatic carbocycles. The Morgan fingerprint density at radius 2 is 2.11 bits per heavy atom. The highest BCUT2D eigenvalue weighted by molar-refractivity contribution is 5.86. The van der Waals surface area contributed by atoms with Gasteiger partial charge in [-0.3, -0.25) is 4.79 Å². The lowest BCUT2D eigenvalue weighted by Gasteiger charge is -2.19. The van der Waals surface area contributed by atoms with E-state index in [2.05, 4.69) is 5.32 Å². The van der Waals surface area contributed by atoms with E-state index in [0.717, 1.165) is 16.5 Å². The van der Waals surface area contributed by atoms with Gasteiger partial charge in [0.1, 0.15) is 6.04 Å². The number of para-hydroxylation sites is 1. The van der Waals surface area contributed by atoms with Crippen LogP contribution in [0.25, 0.3) is 10.9 Å². The number of fused-ring (bicyclic) bond motifs is 1. The number of carboxylic acids is 1. The molecule has 0 spiro atoms. The van der Waals surface area contributed by atoms with Crippen molar-refractivity contribution in [1.82, 2.24) is 9.88 Å². The minimum Gasteiger partial charge on any atom is -0.480 e. The number of likely N-dealkylation sites (N-methyl/N-ethyl adjacent to an activating group) is 1. The van der Waals surface area contributed by atoms with Crippen molar-refractivity contribution in [1.29, 1.82) is 0 Å². The first-order chi connectivity index (χ1) is 8.56. The summed E-state index contributed by atoms with van der Waals surface area (Å²) in [5.74, 6) is -0.946. The Hall–Kier alpha value is -1.85. The Kier molecular flexibility index (Phi) is 3.36. The number of nitrogens with zero attached hydrogens (tertiary/aromatic N) is 1. The third kappa shape index (κ3) is 1.98. The van der Waals surface area contributed by atoms with Crippen LogP contribution in [-0.2, 0) is 11.8 Å². The Morgan fingerprint density at radius 1 is 1.44 bits per heavy atom. The fraction of sp³-hybridized carbons (Fsp3) is 0.308. The Labute approximate surface area is 105 Å². The summed E-state index contributed by atoms with van der Waals surface area (Å²) in [5.41, 5.74) is 7.96. The number of aryl methyl sites for hydroxylation is 1. The third-order valence-electron chi connectivity index (χ3n) is 3.22. The Balaban J connectivity index is 2.51. The zero-order valence-corrected chi connectivity index (χ0v) is 10.4. The maximum atomic E-state index is 11.1. The standard InChI is InChI=1S/C13H17N3O2/c1-15-12(13(17)18)11(14)9-7-16(2)10-6-4-3-5-8(9)10/h3-7,11-12,15H,14H2,1-2H3,(H,17,18). The van der Waals surface area contributed by atoms with E-state index in [9.17, 15) is 4.79 Å². The topological polar surface area (TPSA) is 80.3 Å². The van der Waals surface area contributed by atoms with Gasteiger partial charge in [-0.05, 0) is 18.7 Å². The summed E-state index contributed by atoms with van der Waals surface area (Å²) in [7, 11) is 3.53. The van der Waals surface area contributed by atoms with Gasteiger partial charge >= 0.3 is 5.97 Å². The smallest absolute Gasteiger partial charge is 0.322 e. The number of hydrogen-bond acceptors (Lipinski definition) is 3. The van der Waals surface area contributed by atoms with Crippen LogP contribution in [0.5, 0.6) is 0 Å². The van der Waals surface area contributed by atoms with Gasteiger partial charge in [-0.2, -0.15) is 0 Å². The summed E-state index contributed by atoms with van der Waals surface area (Å²) >= 11 is 0. The van der Waals surface area contributed by atoms with E-state index >= 15 is 0 Å². The quantitative estimate of drug-likeness (QED) is 0.748. The van der Waals surface area contributed by atoms with Crippen LogP contribution < -0.4 is 11.1 Å². The molecule has 0 bridgehead atoms. The molecule has 2 atom stereocenters. The second kappa shape index (κ2) is 4.80. The predicted octanol–water partition coefficient (Wildman–Crippen LogP) is 0.851. The monoisotopic (exact) mass is 247 g/mol. The molecule has 4 N–H and O–H groups in total. The average Bonchev–Trinajstić information content (AvgIpc) is 2.68. The molecule has 0 aliphatic heterocycles. The van der Waals surface area contributed by atoms with Crippen molar-refractivity contribution in [3.63, 3.8) is 0 Å². The molecular weight excluding hydrogens is 230 g/mol. The number of aliphatic carboxylic acids is 1. The van der Waals surface area contributed by atoms with Crippen LogP contribution >= 0.6 is 0 Å². The number of carboxylic acid groups (broad SMARTS) is 1. The van der Waals surface area contributed by atoms with Gasteiger partial charge < -0.3 is 20.7 Å². The molecule has 2 aromatic rings. The van der Waals surface area contributed by atoms with Gasteiger partial charge in [0.25, 0.3) is 0 Å². The molecular formula is C13H17N3O2. The van der Waals surface area contributed by atoms with Crippen molar-refractivity contribution in [2.24, 2.45) is 12.8 Å². The summed E-state index contributed by atoms with van der Waals surface area (Å²) in [6.45, 7) is 0. The van der Waals surface area contributed by atoms with Crippen molar-refractivity contribution in [3.8, 4) is 0 Å². The summed E-state index contributed by atoms with van der Waals surface area (Å²) in [4.78, 5) is 11.1. The fourth-order valence-corrected chi connectivity index (χ4v) is 2.27. The van der Waals surface area contributed by atoms with Crippen molar-refractivity contribution in [2.75, 3.05) is 7.05 Å². The molecule has 1 heterocycles. The minimum atomic E-state index is -0.946. The molecule has 0 saturated carbocycles. The van der Waals surface area contributed by atoms with Gasteiger partial charge in [0.2, 0.25) is 0 Å². The largest absolute Gasteiger partial charge is 0.480 e. The van der Waals surface area contributed by atoms with Crippen LogP contribution in [0.1, 0.15) is 11.6 Å². The zero-order chi connectivity index (χ0) is 13.3. The average molecular weight is 247 g/mol. The molecule has 0 radical (unpaired) electrons. The highest BCUT2D eigenvalue weighted by atomic mass is 16.4. The molecule has 18 heavy (non-hydrogen) atoms. The first-order valence-electron chi connectivity index (χ1n) is 5.76. The molecule has 96 valence electrons. The van der Waals surface area contributed by atoms with Gasteiger partial charge in [-0.1, -0.05) is 18.2 Å². The van der Waals surface area contributed by atoms with E-state index in [4.69, 9.17) is 10.8 Å². The van der Waals surface area contributed by atoms with Gasteiger partial charge in [0.15, 0.2) is 0 Å². The molecule has 0 fully saturated rings. The fourth-order valence-electron chi connectivity index (χ4n) is 2.27. The summed E-state index contributed by atoms with van der Waals surface area (Å²) in [6.07, 6.45) is 1.89. The number of nitrogens with one attached hydrogen (secondary N) is 1. The minimum absolute atomic E-state index is 0.585. The molecule has 2 unspecified atom stereocenters. The molecule has 5 nitrogen and oxygen atoms in total. The van der Waals surface area contributed by atoms with Gasteiger partial charge in [0.05, 0.1) is 6.04 Å². The Morgan fingerprint density at radius 3 is 2.72 bits per heavy atom. The van der Waals surface area contributed by atoms with Crippen molar-refractivity contribution >= 4 is 16.9 Å².